The van der Waals surface area contributed by atoms with E-state index < -0.39 is 0 Å². The van der Waals surface area contributed by atoms with Crippen molar-refractivity contribution in [2.45, 2.75) is 51.5 Å². The molecule has 1 aromatic carbocycles. The van der Waals surface area contributed by atoms with Gasteiger partial charge in [0.15, 0.2) is 0 Å². The van der Waals surface area contributed by atoms with Crippen LogP contribution in [0.5, 0.6) is 0 Å². The summed E-state index contributed by atoms with van der Waals surface area (Å²) in [4.78, 5) is 8.69. The predicted molar refractivity (Wildman–Crippen MR) is 121 cm³/mol. The Hall–Kier alpha value is -1.78. The lowest BCUT2D eigenvalue weighted by Crippen LogP contribution is -2.33. The average molecular weight is 407 g/mol. The Morgan fingerprint density at radius 2 is 1.93 bits per heavy atom. The van der Waals surface area contributed by atoms with E-state index in [-0.39, 0.29) is 0 Å². The first kappa shape index (κ1) is 18.3. The van der Waals surface area contributed by atoms with Crippen molar-refractivity contribution in [1.82, 2.24) is 9.88 Å². The summed E-state index contributed by atoms with van der Waals surface area (Å²) in [5, 5.41) is 3.27. The smallest absolute Gasteiger partial charge is 0.0901 e. The van der Waals surface area contributed by atoms with Crippen LogP contribution in [0.25, 0.3) is 11.3 Å². The zero-order valence-corrected chi connectivity index (χ0v) is 18.0. The van der Waals surface area contributed by atoms with Crippen LogP contribution in [0.1, 0.15) is 42.7 Å². The predicted octanol–water partition coefficient (Wildman–Crippen LogP) is 6.71. The normalized spacial score (nSPS) is 19.9. The van der Waals surface area contributed by atoms with Gasteiger partial charge in [-0.1, -0.05) is 43.5 Å². The molecule has 0 N–H and O–H groups in total. The van der Waals surface area contributed by atoms with Gasteiger partial charge in [-0.15, -0.1) is 23.1 Å². The molecule has 0 radical (unpaired) electrons. The highest BCUT2D eigenvalue weighted by Gasteiger charge is 2.29. The topological polar surface area (TPSA) is 16.1 Å². The number of fused-ring (bicyclic) bond motifs is 1. The summed E-state index contributed by atoms with van der Waals surface area (Å²) < 4.78 is 0. The third-order valence-electron chi connectivity index (χ3n) is 5.97. The second-order valence-corrected chi connectivity index (χ2v) is 9.99. The van der Waals surface area contributed by atoms with Crippen LogP contribution in [-0.2, 0) is 6.42 Å². The molecule has 3 aliphatic rings. The third-order valence-corrected chi connectivity index (χ3v) is 7.84. The van der Waals surface area contributed by atoms with Crippen LogP contribution in [0.4, 0.5) is 0 Å². The summed E-state index contributed by atoms with van der Waals surface area (Å²) in [5.41, 5.74) is 6.63. The molecule has 2 aliphatic heterocycles. The maximum atomic E-state index is 4.60. The van der Waals surface area contributed by atoms with Gasteiger partial charge in [-0.3, -0.25) is 0 Å². The number of aryl methyl sites for hydroxylation is 1. The lowest BCUT2D eigenvalue weighted by molar-refractivity contribution is 0.263. The number of benzene rings is 1. The highest BCUT2D eigenvalue weighted by Crippen LogP contribution is 2.42. The van der Waals surface area contributed by atoms with Gasteiger partial charge in [0.1, 0.15) is 0 Å². The quantitative estimate of drug-likeness (QED) is 0.561. The summed E-state index contributed by atoms with van der Waals surface area (Å²) >= 11 is 3.72. The van der Waals surface area contributed by atoms with E-state index in [0.29, 0.717) is 6.04 Å². The molecule has 1 fully saturated rings. The van der Waals surface area contributed by atoms with E-state index >= 15 is 0 Å². The van der Waals surface area contributed by atoms with Gasteiger partial charge in [-0.05, 0) is 49.5 Å². The Kier molecular flexibility index (Phi) is 5.17. The number of aromatic nitrogens is 1. The van der Waals surface area contributed by atoms with Crippen molar-refractivity contribution in [3.63, 3.8) is 0 Å². The van der Waals surface area contributed by atoms with Gasteiger partial charge in [0.25, 0.3) is 0 Å². The molecule has 0 atom stereocenters. The number of hydrogen-bond donors (Lipinski definition) is 0. The van der Waals surface area contributed by atoms with Crippen LogP contribution in [-0.4, -0.2) is 21.7 Å². The molecule has 1 aliphatic carbocycles. The largest absolute Gasteiger partial charge is 0.344 e. The standard InChI is InChI=1S/C24H26N2S2/c1-17-25-22(16-28-17)19-9-7-18(8-10-19)15-20-11-13-26(21-5-3-2-4-6-21)23-12-14-27-24(20)23/h7-13,16,21H,2-6,14-15H2,1H3. The Balaban J connectivity index is 1.34. The fourth-order valence-corrected chi connectivity index (χ4v) is 6.19. The van der Waals surface area contributed by atoms with Crippen LogP contribution in [0.3, 0.4) is 0 Å². The minimum Gasteiger partial charge on any atom is -0.344 e. The first-order chi connectivity index (χ1) is 13.8. The van der Waals surface area contributed by atoms with Crippen molar-refractivity contribution in [3.8, 4) is 11.3 Å². The maximum Gasteiger partial charge on any atom is 0.0901 e. The molecular weight excluding hydrogens is 380 g/mol. The molecule has 0 amide bonds. The molecule has 2 aromatic rings. The van der Waals surface area contributed by atoms with Crippen molar-refractivity contribution >= 4 is 23.1 Å². The Morgan fingerprint density at radius 1 is 1.11 bits per heavy atom. The number of thioether (sulfide) groups is 1. The zero-order chi connectivity index (χ0) is 18.9. The van der Waals surface area contributed by atoms with Gasteiger partial charge in [0, 0.05) is 33.8 Å². The molecule has 1 aromatic heterocycles. The molecular formula is C24H26N2S2. The van der Waals surface area contributed by atoms with Crippen molar-refractivity contribution in [3.05, 3.63) is 74.7 Å². The SMILES string of the molecule is Cc1nc(-c2ccc(CC3=C4SCC=C4N(C4CCCCC4)C=C3)cc2)cs1. The van der Waals surface area contributed by atoms with Gasteiger partial charge in [0.2, 0.25) is 0 Å². The second-order valence-electron chi connectivity index (χ2n) is 7.90. The summed E-state index contributed by atoms with van der Waals surface area (Å²) in [6.07, 6.45) is 15.0. The van der Waals surface area contributed by atoms with Gasteiger partial charge >= 0.3 is 0 Å². The number of nitrogens with zero attached hydrogens (tertiary/aromatic N) is 2. The zero-order valence-electron chi connectivity index (χ0n) is 16.4. The molecule has 144 valence electrons. The molecule has 0 unspecified atom stereocenters. The third kappa shape index (κ3) is 3.60. The Morgan fingerprint density at radius 3 is 2.68 bits per heavy atom. The van der Waals surface area contributed by atoms with Gasteiger partial charge < -0.3 is 4.90 Å². The van der Waals surface area contributed by atoms with E-state index in [4.69, 9.17) is 0 Å². The highest BCUT2D eigenvalue weighted by atomic mass is 32.2. The van der Waals surface area contributed by atoms with Gasteiger partial charge in [-0.25, -0.2) is 4.98 Å². The van der Waals surface area contributed by atoms with Crippen LogP contribution < -0.4 is 0 Å². The summed E-state index contributed by atoms with van der Waals surface area (Å²) in [6.45, 7) is 2.06. The van der Waals surface area contributed by atoms with Gasteiger partial charge in [0.05, 0.1) is 16.4 Å². The molecule has 0 bridgehead atoms. The molecule has 0 spiro atoms. The molecule has 4 heteroatoms. The first-order valence-electron chi connectivity index (χ1n) is 10.3. The van der Waals surface area contributed by atoms with Crippen molar-refractivity contribution in [2.75, 3.05) is 5.75 Å². The number of thiazole rings is 1. The Labute approximate surface area is 176 Å². The van der Waals surface area contributed by atoms with Crippen molar-refractivity contribution in [2.24, 2.45) is 0 Å². The molecule has 5 rings (SSSR count). The average Bonchev–Trinajstić information content (AvgIpc) is 3.39. The molecule has 2 nitrogen and oxygen atoms in total. The number of rotatable bonds is 4. The highest BCUT2D eigenvalue weighted by molar-refractivity contribution is 8.03. The van der Waals surface area contributed by atoms with Crippen LogP contribution in [0.2, 0.25) is 0 Å². The van der Waals surface area contributed by atoms with E-state index in [1.165, 1.54) is 59.4 Å². The Bertz CT molecular complexity index is 943. The van der Waals surface area contributed by atoms with Crippen LogP contribution in [0, 0.1) is 6.92 Å². The summed E-state index contributed by atoms with van der Waals surface area (Å²) in [5.74, 6) is 1.11. The van der Waals surface area contributed by atoms with Gasteiger partial charge in [-0.2, -0.15) is 0 Å². The number of allylic oxidation sites excluding steroid dienone is 2. The van der Waals surface area contributed by atoms with Crippen molar-refractivity contribution in [1.29, 1.82) is 0 Å². The molecule has 28 heavy (non-hydrogen) atoms. The number of hydrogen-bond acceptors (Lipinski definition) is 4. The summed E-state index contributed by atoms with van der Waals surface area (Å²) in [6, 6.07) is 9.67. The fourth-order valence-electron chi connectivity index (χ4n) is 4.50. The minimum absolute atomic E-state index is 0.701. The van der Waals surface area contributed by atoms with Crippen LogP contribution >= 0.6 is 23.1 Å². The van der Waals surface area contributed by atoms with E-state index in [1.54, 1.807) is 11.3 Å². The van der Waals surface area contributed by atoms with E-state index in [2.05, 4.69) is 64.8 Å². The minimum atomic E-state index is 0.701. The lowest BCUT2D eigenvalue weighted by atomic mass is 9.92. The maximum absolute atomic E-state index is 4.60. The first-order valence-corrected chi connectivity index (χ1v) is 12.2. The van der Waals surface area contributed by atoms with E-state index in [1.807, 2.05) is 11.8 Å². The molecule has 3 heterocycles. The molecule has 1 saturated carbocycles. The molecule has 0 saturated heterocycles. The fraction of sp³-hybridized carbons (Fsp3) is 0.375. The summed E-state index contributed by atoms with van der Waals surface area (Å²) in [7, 11) is 0. The van der Waals surface area contributed by atoms with Crippen molar-refractivity contribution < 1.29 is 0 Å². The monoisotopic (exact) mass is 406 g/mol. The van der Waals surface area contributed by atoms with Crippen LogP contribution in [0.15, 0.2) is 64.2 Å². The second kappa shape index (κ2) is 7.92. The van der Waals surface area contributed by atoms with E-state index in [0.717, 1.165) is 22.9 Å². The lowest BCUT2D eigenvalue weighted by Gasteiger charge is -2.37. The van der Waals surface area contributed by atoms with E-state index in [9.17, 15) is 0 Å².